The van der Waals surface area contributed by atoms with Gasteiger partial charge in [-0.15, -0.1) is 12.6 Å². The molecule has 4 heteroatoms. The van der Waals surface area contributed by atoms with E-state index in [9.17, 15) is 0 Å². The number of anilines is 1. The summed E-state index contributed by atoms with van der Waals surface area (Å²) in [4.78, 5) is 9.47. The Hall–Kier alpha value is -1.55. The zero-order valence-corrected chi connectivity index (χ0v) is 10.1. The highest BCUT2D eigenvalue weighted by atomic mass is 32.1. The fraction of sp³-hybridized carbons (Fsp3) is 0.167. The van der Waals surface area contributed by atoms with Crippen molar-refractivity contribution in [2.75, 3.05) is 5.73 Å². The van der Waals surface area contributed by atoms with Crippen molar-refractivity contribution >= 4 is 18.3 Å². The summed E-state index contributed by atoms with van der Waals surface area (Å²) in [5.74, 6) is 0.707. The Bertz CT molecular complexity index is 488. The quantitative estimate of drug-likeness (QED) is 0.586. The maximum Gasteiger partial charge on any atom is 0.159 e. The average molecular weight is 231 g/mol. The van der Waals surface area contributed by atoms with Gasteiger partial charge in [0, 0.05) is 28.0 Å². The number of benzene rings is 1. The maximum atomic E-state index is 5.70. The van der Waals surface area contributed by atoms with E-state index in [1.165, 1.54) is 0 Å². The molecule has 1 heterocycles. The number of hydrogen-bond acceptors (Lipinski definition) is 4. The summed E-state index contributed by atoms with van der Waals surface area (Å²) in [6, 6.07) is 5.60. The van der Waals surface area contributed by atoms with Crippen molar-refractivity contribution in [1.82, 2.24) is 9.97 Å². The van der Waals surface area contributed by atoms with Gasteiger partial charge in [-0.25, -0.2) is 9.97 Å². The number of thiol groups is 1. The van der Waals surface area contributed by atoms with E-state index < -0.39 is 0 Å². The van der Waals surface area contributed by atoms with Crippen molar-refractivity contribution in [3.63, 3.8) is 0 Å². The fourth-order valence-corrected chi connectivity index (χ4v) is 1.56. The molecule has 0 amide bonds. The first kappa shape index (κ1) is 11.0. The lowest BCUT2D eigenvalue weighted by Crippen LogP contribution is -1.95. The minimum Gasteiger partial charge on any atom is -0.398 e. The van der Waals surface area contributed by atoms with E-state index in [0.29, 0.717) is 11.5 Å². The molecule has 0 atom stereocenters. The van der Waals surface area contributed by atoms with Crippen molar-refractivity contribution in [3.05, 3.63) is 35.7 Å². The molecular formula is C12H13N3S. The van der Waals surface area contributed by atoms with Gasteiger partial charge in [0.25, 0.3) is 0 Å². The molecule has 2 N–H and O–H groups in total. The van der Waals surface area contributed by atoms with Gasteiger partial charge >= 0.3 is 0 Å². The molecule has 2 rings (SSSR count). The van der Waals surface area contributed by atoms with Gasteiger partial charge in [-0.3, -0.25) is 0 Å². The topological polar surface area (TPSA) is 51.8 Å². The highest BCUT2D eigenvalue weighted by molar-refractivity contribution is 7.80. The molecule has 2 aromatic rings. The predicted octanol–water partition coefficient (Wildman–Crippen LogP) is 2.63. The monoisotopic (exact) mass is 231 g/mol. The minimum absolute atomic E-state index is 0.663. The van der Waals surface area contributed by atoms with Crippen LogP contribution in [0.2, 0.25) is 0 Å². The van der Waals surface area contributed by atoms with Gasteiger partial charge in [0.1, 0.15) is 0 Å². The number of nitrogens with two attached hydrogens (primary N) is 1. The highest BCUT2D eigenvalue weighted by Crippen LogP contribution is 2.23. The Morgan fingerprint density at radius 2 is 2.00 bits per heavy atom. The first-order valence-electron chi connectivity index (χ1n) is 4.97. The maximum absolute atomic E-state index is 5.70. The first-order valence-corrected chi connectivity index (χ1v) is 5.42. The van der Waals surface area contributed by atoms with Crippen LogP contribution >= 0.6 is 12.6 Å². The summed E-state index contributed by atoms with van der Waals surface area (Å²) >= 11 is 4.28. The second-order valence-electron chi connectivity index (χ2n) is 3.74. The number of nitrogens with zero attached hydrogens (tertiary/aromatic N) is 2. The lowest BCUT2D eigenvalue weighted by molar-refractivity contribution is 1.07. The predicted molar refractivity (Wildman–Crippen MR) is 68.6 cm³/mol. The third-order valence-corrected chi connectivity index (χ3v) is 2.90. The van der Waals surface area contributed by atoms with E-state index in [1.54, 1.807) is 0 Å². The summed E-state index contributed by atoms with van der Waals surface area (Å²) in [6.45, 7) is 3.96. The molecule has 1 aromatic carbocycles. The van der Waals surface area contributed by atoms with E-state index >= 15 is 0 Å². The van der Waals surface area contributed by atoms with Gasteiger partial charge < -0.3 is 5.73 Å². The van der Waals surface area contributed by atoms with E-state index in [-0.39, 0.29) is 0 Å². The van der Waals surface area contributed by atoms with Crippen LogP contribution < -0.4 is 5.73 Å². The summed E-state index contributed by atoms with van der Waals surface area (Å²) < 4.78 is 0. The summed E-state index contributed by atoms with van der Waals surface area (Å²) in [7, 11) is 0. The molecule has 1 aromatic heterocycles. The van der Waals surface area contributed by atoms with Crippen LogP contribution in [0.1, 0.15) is 11.3 Å². The molecule has 0 radical (unpaired) electrons. The Labute approximate surface area is 100 Å². The molecule has 0 bridgehead atoms. The molecule has 16 heavy (non-hydrogen) atoms. The molecule has 0 aliphatic heterocycles. The van der Waals surface area contributed by atoms with Crippen LogP contribution in [0.25, 0.3) is 11.4 Å². The van der Waals surface area contributed by atoms with E-state index in [0.717, 1.165) is 21.7 Å². The third-order valence-electron chi connectivity index (χ3n) is 2.51. The van der Waals surface area contributed by atoms with Crippen LogP contribution in [0.5, 0.6) is 0 Å². The number of hydrogen-bond donors (Lipinski definition) is 2. The normalized spacial score (nSPS) is 10.4. The van der Waals surface area contributed by atoms with Gasteiger partial charge in [-0.2, -0.15) is 0 Å². The summed E-state index contributed by atoms with van der Waals surface area (Å²) in [6.07, 6.45) is 1.83. The molecule has 82 valence electrons. The van der Waals surface area contributed by atoms with Crippen LogP contribution in [-0.2, 0) is 0 Å². The zero-order valence-electron chi connectivity index (χ0n) is 9.23. The largest absolute Gasteiger partial charge is 0.398 e. The first-order chi connectivity index (χ1) is 7.58. The molecule has 0 aliphatic carbocycles. The second-order valence-corrected chi connectivity index (χ2v) is 4.22. The highest BCUT2D eigenvalue weighted by Gasteiger charge is 2.04. The van der Waals surface area contributed by atoms with Gasteiger partial charge in [0.15, 0.2) is 5.82 Å². The van der Waals surface area contributed by atoms with Crippen molar-refractivity contribution in [3.8, 4) is 11.4 Å². The zero-order chi connectivity index (χ0) is 11.7. The summed E-state index contributed by atoms with van der Waals surface area (Å²) in [5, 5.41) is 0. The van der Waals surface area contributed by atoms with Gasteiger partial charge in [-0.1, -0.05) is 0 Å². The minimum atomic E-state index is 0.663. The third kappa shape index (κ3) is 2.02. The smallest absolute Gasteiger partial charge is 0.159 e. The SMILES string of the molecule is Cc1cnc(-c2ccc(N)c(S)c2)nc1C. The molecular weight excluding hydrogens is 218 g/mol. The van der Waals surface area contributed by atoms with Crippen LogP contribution in [-0.4, -0.2) is 9.97 Å². The van der Waals surface area contributed by atoms with Crippen molar-refractivity contribution in [2.24, 2.45) is 0 Å². The fourth-order valence-electron chi connectivity index (χ4n) is 1.35. The molecule has 0 aliphatic rings. The van der Waals surface area contributed by atoms with Crippen LogP contribution in [0.3, 0.4) is 0 Å². The molecule has 0 saturated carbocycles. The van der Waals surface area contributed by atoms with Crippen LogP contribution in [0.15, 0.2) is 29.3 Å². The molecule has 0 unspecified atom stereocenters. The Morgan fingerprint density at radius 1 is 1.25 bits per heavy atom. The molecule has 0 saturated heterocycles. The molecule has 0 fully saturated rings. The Kier molecular flexibility index (Phi) is 2.83. The standard InChI is InChI=1S/C12H13N3S/c1-7-6-14-12(15-8(7)2)9-3-4-10(13)11(16)5-9/h3-6,16H,13H2,1-2H3. The molecule has 0 spiro atoms. The average Bonchev–Trinajstić information content (AvgIpc) is 2.26. The van der Waals surface area contributed by atoms with E-state index in [1.807, 2.05) is 38.2 Å². The van der Waals surface area contributed by atoms with Crippen LogP contribution in [0, 0.1) is 13.8 Å². The molecule has 3 nitrogen and oxygen atoms in total. The number of aryl methyl sites for hydroxylation is 2. The van der Waals surface area contributed by atoms with E-state index in [4.69, 9.17) is 5.73 Å². The Balaban J connectivity index is 2.50. The number of aromatic nitrogens is 2. The Morgan fingerprint density at radius 3 is 2.62 bits per heavy atom. The number of rotatable bonds is 1. The van der Waals surface area contributed by atoms with Crippen molar-refractivity contribution < 1.29 is 0 Å². The number of nitrogen functional groups attached to an aromatic ring is 1. The van der Waals surface area contributed by atoms with E-state index in [2.05, 4.69) is 22.6 Å². The van der Waals surface area contributed by atoms with Gasteiger partial charge in [0.2, 0.25) is 0 Å². The lowest BCUT2D eigenvalue weighted by atomic mass is 10.2. The van der Waals surface area contributed by atoms with Gasteiger partial charge in [0.05, 0.1) is 0 Å². The van der Waals surface area contributed by atoms with Gasteiger partial charge in [-0.05, 0) is 37.6 Å². The van der Waals surface area contributed by atoms with Crippen molar-refractivity contribution in [1.29, 1.82) is 0 Å². The van der Waals surface area contributed by atoms with Crippen LogP contribution in [0.4, 0.5) is 5.69 Å². The summed E-state index contributed by atoms with van der Waals surface area (Å²) in [5.41, 5.74) is 9.38. The second kappa shape index (κ2) is 4.14. The van der Waals surface area contributed by atoms with Crippen molar-refractivity contribution in [2.45, 2.75) is 18.7 Å². The lowest BCUT2D eigenvalue weighted by Gasteiger charge is -2.05.